The van der Waals surface area contributed by atoms with Crippen LogP contribution in [0.1, 0.15) is 25.8 Å². The molecule has 1 fully saturated rings. The molecule has 178 valence electrons. The minimum Gasteiger partial charge on any atom is -0.368 e. The Morgan fingerprint density at radius 1 is 1.24 bits per heavy atom. The first-order chi connectivity index (χ1) is 16.5. The topological polar surface area (TPSA) is 114 Å². The van der Waals surface area contributed by atoms with E-state index >= 15 is 0 Å². The molecule has 5 rings (SSSR count). The SMILES string of the molecule is CCN(CC)C1CCN(c2ccc(Nc3nc(N)n(-c4nc(Cl)nc5c(C)csc45)n3)cn2)C1. The van der Waals surface area contributed by atoms with E-state index in [0.717, 1.165) is 59.9 Å². The summed E-state index contributed by atoms with van der Waals surface area (Å²) in [4.78, 5) is 22.5. The Morgan fingerprint density at radius 3 is 2.79 bits per heavy atom. The number of rotatable bonds is 7. The van der Waals surface area contributed by atoms with Gasteiger partial charge in [-0.2, -0.15) is 14.6 Å². The number of thiophene rings is 1. The Hall–Kier alpha value is -3.02. The smallest absolute Gasteiger partial charge is 0.248 e. The van der Waals surface area contributed by atoms with E-state index in [-0.39, 0.29) is 11.2 Å². The van der Waals surface area contributed by atoms with Gasteiger partial charge in [0, 0.05) is 19.1 Å². The molecule has 1 aliphatic rings. The number of anilines is 4. The molecule has 1 saturated heterocycles. The van der Waals surface area contributed by atoms with Gasteiger partial charge >= 0.3 is 0 Å². The third kappa shape index (κ3) is 4.26. The monoisotopic (exact) mass is 498 g/mol. The van der Waals surface area contributed by atoms with Crippen molar-refractivity contribution in [3.8, 4) is 5.82 Å². The van der Waals surface area contributed by atoms with Crippen LogP contribution in [0.15, 0.2) is 23.7 Å². The molecule has 3 N–H and O–H groups in total. The van der Waals surface area contributed by atoms with Crippen LogP contribution in [0.25, 0.3) is 16.0 Å². The van der Waals surface area contributed by atoms with Crippen LogP contribution in [-0.4, -0.2) is 66.8 Å². The van der Waals surface area contributed by atoms with Crippen molar-refractivity contribution in [1.82, 2.24) is 34.6 Å². The summed E-state index contributed by atoms with van der Waals surface area (Å²) in [7, 11) is 0. The number of nitrogen functional groups attached to an aromatic ring is 1. The molecule has 10 nitrogen and oxygen atoms in total. The van der Waals surface area contributed by atoms with Crippen molar-refractivity contribution < 1.29 is 0 Å². The molecule has 5 heterocycles. The summed E-state index contributed by atoms with van der Waals surface area (Å²) >= 11 is 7.67. The van der Waals surface area contributed by atoms with Crippen molar-refractivity contribution >= 4 is 56.6 Å². The molecule has 0 spiro atoms. The number of hydrogen-bond acceptors (Lipinski definition) is 10. The molecule has 1 aliphatic heterocycles. The lowest BCUT2D eigenvalue weighted by Crippen LogP contribution is -2.37. The van der Waals surface area contributed by atoms with Crippen molar-refractivity contribution in [1.29, 1.82) is 0 Å². The lowest BCUT2D eigenvalue weighted by molar-refractivity contribution is 0.232. The highest BCUT2D eigenvalue weighted by molar-refractivity contribution is 7.17. The third-order valence-electron chi connectivity index (χ3n) is 6.20. The number of fused-ring (bicyclic) bond motifs is 1. The maximum atomic E-state index is 6.17. The first kappa shape index (κ1) is 22.8. The molecular formula is C22H27ClN10S. The molecule has 0 radical (unpaired) electrons. The lowest BCUT2D eigenvalue weighted by Gasteiger charge is -2.26. The number of likely N-dealkylation sites (N-methyl/N-ethyl adjacent to an activating group) is 1. The molecular weight excluding hydrogens is 472 g/mol. The summed E-state index contributed by atoms with van der Waals surface area (Å²) in [5.74, 6) is 2.04. The highest BCUT2D eigenvalue weighted by Gasteiger charge is 2.27. The predicted octanol–water partition coefficient (Wildman–Crippen LogP) is 3.88. The van der Waals surface area contributed by atoms with Gasteiger partial charge in [0.1, 0.15) is 5.82 Å². The Kier molecular flexibility index (Phi) is 6.24. The fraction of sp³-hybridized carbons (Fsp3) is 0.409. The van der Waals surface area contributed by atoms with Crippen molar-refractivity contribution in [2.45, 2.75) is 33.2 Å². The molecule has 4 aromatic rings. The molecule has 12 heteroatoms. The number of nitrogens with one attached hydrogen (secondary N) is 1. The molecule has 0 aromatic carbocycles. The van der Waals surface area contributed by atoms with Crippen molar-refractivity contribution in [2.75, 3.05) is 42.1 Å². The van der Waals surface area contributed by atoms with Gasteiger partial charge in [-0.3, -0.25) is 4.90 Å². The molecule has 1 atom stereocenters. The Balaban J connectivity index is 1.33. The molecule has 0 saturated carbocycles. The minimum atomic E-state index is 0.137. The Morgan fingerprint density at radius 2 is 2.06 bits per heavy atom. The number of pyridine rings is 1. The highest BCUT2D eigenvalue weighted by atomic mass is 35.5. The fourth-order valence-corrected chi connectivity index (χ4v) is 5.56. The molecule has 0 aliphatic carbocycles. The van der Waals surface area contributed by atoms with E-state index < -0.39 is 0 Å². The van der Waals surface area contributed by atoms with Gasteiger partial charge in [-0.1, -0.05) is 13.8 Å². The van der Waals surface area contributed by atoms with Crippen molar-refractivity contribution in [3.05, 3.63) is 34.6 Å². The fourth-order valence-electron chi connectivity index (χ4n) is 4.43. The largest absolute Gasteiger partial charge is 0.368 e. The summed E-state index contributed by atoms with van der Waals surface area (Å²) < 4.78 is 2.33. The van der Waals surface area contributed by atoms with Gasteiger partial charge in [-0.05, 0) is 61.1 Å². The van der Waals surface area contributed by atoms with Crippen LogP contribution in [0, 0.1) is 6.92 Å². The van der Waals surface area contributed by atoms with Crippen molar-refractivity contribution in [3.63, 3.8) is 0 Å². The zero-order valence-corrected chi connectivity index (χ0v) is 20.9. The van der Waals surface area contributed by atoms with Crippen LogP contribution >= 0.6 is 22.9 Å². The van der Waals surface area contributed by atoms with E-state index in [4.69, 9.17) is 17.3 Å². The number of hydrogen-bond donors (Lipinski definition) is 2. The Bertz CT molecular complexity index is 1300. The minimum absolute atomic E-state index is 0.137. The van der Waals surface area contributed by atoms with Crippen LogP contribution in [0.5, 0.6) is 0 Å². The van der Waals surface area contributed by atoms with Crippen LogP contribution in [0.2, 0.25) is 5.28 Å². The number of aromatic nitrogens is 6. The number of halogens is 1. The second kappa shape index (κ2) is 9.32. The summed E-state index contributed by atoms with van der Waals surface area (Å²) in [6.07, 6.45) is 2.95. The second-order valence-corrected chi connectivity index (χ2v) is 9.48. The zero-order chi connectivity index (χ0) is 23.8. The van der Waals surface area contributed by atoms with E-state index in [1.54, 1.807) is 6.20 Å². The normalized spacial score (nSPS) is 16.1. The lowest BCUT2D eigenvalue weighted by atomic mass is 10.2. The number of nitrogens with two attached hydrogens (primary N) is 1. The maximum Gasteiger partial charge on any atom is 0.248 e. The average Bonchev–Trinajstić information content (AvgIpc) is 3.55. The van der Waals surface area contributed by atoms with Gasteiger partial charge in [-0.15, -0.1) is 16.4 Å². The van der Waals surface area contributed by atoms with E-state index in [9.17, 15) is 0 Å². The van der Waals surface area contributed by atoms with Crippen LogP contribution in [0.3, 0.4) is 0 Å². The molecule has 0 bridgehead atoms. The molecule has 34 heavy (non-hydrogen) atoms. The number of nitrogens with zero attached hydrogens (tertiary/aromatic N) is 8. The van der Waals surface area contributed by atoms with Gasteiger partial charge in [0.2, 0.25) is 17.2 Å². The molecule has 4 aromatic heterocycles. The summed E-state index contributed by atoms with van der Waals surface area (Å²) in [6.45, 7) is 10.6. The van der Waals surface area contributed by atoms with E-state index in [2.05, 4.69) is 54.0 Å². The van der Waals surface area contributed by atoms with Gasteiger partial charge in [0.15, 0.2) is 5.82 Å². The number of aryl methyl sites for hydroxylation is 1. The average molecular weight is 499 g/mol. The van der Waals surface area contributed by atoms with Gasteiger partial charge in [0.05, 0.1) is 22.1 Å². The predicted molar refractivity (Wildman–Crippen MR) is 138 cm³/mol. The summed E-state index contributed by atoms with van der Waals surface area (Å²) in [6, 6.07) is 4.58. The standard InChI is InChI=1S/C22H27ClN10S/c1-4-31(5-2)15-8-9-32(11-15)16-7-6-14(10-25-16)26-22-29-21(24)33(30-22)19-18-17(13(3)12-34-18)27-20(23)28-19/h6-7,10,12,15H,4-5,8-9,11H2,1-3H3,(H3,24,26,29,30). The maximum absolute atomic E-state index is 6.17. The first-order valence-electron chi connectivity index (χ1n) is 11.3. The van der Waals surface area contributed by atoms with E-state index in [0.29, 0.717) is 17.8 Å². The quantitative estimate of drug-likeness (QED) is 0.366. The van der Waals surface area contributed by atoms with Gasteiger partial charge in [-0.25, -0.2) is 9.97 Å². The van der Waals surface area contributed by atoms with E-state index in [1.807, 2.05) is 24.4 Å². The Labute approximate surface area is 206 Å². The van der Waals surface area contributed by atoms with Crippen LogP contribution in [-0.2, 0) is 0 Å². The molecule has 1 unspecified atom stereocenters. The highest BCUT2D eigenvalue weighted by Crippen LogP contribution is 2.31. The molecule has 0 amide bonds. The third-order valence-corrected chi connectivity index (χ3v) is 7.45. The van der Waals surface area contributed by atoms with Gasteiger partial charge in [0.25, 0.3) is 0 Å². The first-order valence-corrected chi connectivity index (χ1v) is 12.6. The van der Waals surface area contributed by atoms with Crippen LogP contribution < -0.4 is 16.0 Å². The summed E-state index contributed by atoms with van der Waals surface area (Å²) in [5.41, 5.74) is 8.75. The van der Waals surface area contributed by atoms with Gasteiger partial charge < -0.3 is 16.0 Å². The zero-order valence-electron chi connectivity index (χ0n) is 19.4. The second-order valence-electron chi connectivity index (χ2n) is 8.26. The van der Waals surface area contributed by atoms with Crippen LogP contribution in [0.4, 0.5) is 23.4 Å². The van der Waals surface area contributed by atoms with E-state index in [1.165, 1.54) is 16.0 Å². The summed E-state index contributed by atoms with van der Waals surface area (Å²) in [5, 5.41) is 9.83. The van der Waals surface area contributed by atoms with Crippen molar-refractivity contribution in [2.24, 2.45) is 0 Å².